The number of nitrogens with one attached hydrogen (secondary N) is 1. The lowest BCUT2D eigenvalue weighted by molar-refractivity contribution is -0.0690. The maximum Gasteiger partial charge on any atom is 0.273 e. The molecular weight excluding hydrogens is 232 g/mol. The number of nitrogens with zero attached hydrogens (tertiary/aromatic N) is 1. The summed E-state index contributed by atoms with van der Waals surface area (Å²) >= 11 is 0. The Morgan fingerprint density at radius 1 is 1.56 bits per heavy atom. The SMILES string of the molecule is CC1(C)C(O)CC1NC(=O)c1cc(C2CC2)on1. The minimum atomic E-state index is -0.345. The Morgan fingerprint density at radius 3 is 2.83 bits per heavy atom. The molecule has 1 aromatic heterocycles. The van der Waals surface area contributed by atoms with E-state index in [0.717, 1.165) is 18.6 Å². The van der Waals surface area contributed by atoms with Gasteiger partial charge in [-0.1, -0.05) is 19.0 Å². The molecule has 3 rings (SSSR count). The molecule has 0 saturated heterocycles. The van der Waals surface area contributed by atoms with E-state index in [-0.39, 0.29) is 23.5 Å². The smallest absolute Gasteiger partial charge is 0.273 e. The average Bonchev–Trinajstić information content (AvgIpc) is 3.06. The van der Waals surface area contributed by atoms with Gasteiger partial charge < -0.3 is 14.9 Å². The van der Waals surface area contributed by atoms with Crippen molar-refractivity contribution >= 4 is 5.91 Å². The molecule has 18 heavy (non-hydrogen) atoms. The first-order chi connectivity index (χ1) is 8.48. The highest BCUT2D eigenvalue weighted by Crippen LogP contribution is 2.41. The van der Waals surface area contributed by atoms with E-state index in [0.29, 0.717) is 18.0 Å². The summed E-state index contributed by atoms with van der Waals surface area (Å²) in [7, 11) is 0. The molecule has 98 valence electrons. The molecule has 2 fully saturated rings. The van der Waals surface area contributed by atoms with Crippen LogP contribution in [0.3, 0.4) is 0 Å². The lowest BCUT2D eigenvalue weighted by Crippen LogP contribution is -2.61. The largest absolute Gasteiger partial charge is 0.392 e. The number of carbonyl (C=O) groups is 1. The normalized spacial score (nSPS) is 29.7. The molecule has 2 N–H and O–H groups in total. The summed E-state index contributed by atoms with van der Waals surface area (Å²) in [4.78, 5) is 12.0. The van der Waals surface area contributed by atoms with Gasteiger partial charge in [-0.25, -0.2) is 0 Å². The second kappa shape index (κ2) is 3.82. The fourth-order valence-electron chi connectivity index (χ4n) is 2.34. The van der Waals surface area contributed by atoms with E-state index >= 15 is 0 Å². The Kier molecular flexibility index (Phi) is 2.48. The summed E-state index contributed by atoms with van der Waals surface area (Å²) in [6, 6.07) is 1.73. The Hall–Kier alpha value is -1.36. The minimum absolute atomic E-state index is 0.000995. The highest BCUT2D eigenvalue weighted by Gasteiger charge is 2.48. The maximum atomic E-state index is 12.0. The van der Waals surface area contributed by atoms with Crippen LogP contribution in [0.4, 0.5) is 0 Å². The molecule has 1 amide bonds. The van der Waals surface area contributed by atoms with Gasteiger partial charge in [-0.05, 0) is 19.3 Å². The average molecular weight is 250 g/mol. The fourth-order valence-corrected chi connectivity index (χ4v) is 2.34. The van der Waals surface area contributed by atoms with E-state index in [9.17, 15) is 9.90 Å². The van der Waals surface area contributed by atoms with Gasteiger partial charge in [0, 0.05) is 23.4 Å². The first-order valence-corrected chi connectivity index (χ1v) is 6.44. The summed E-state index contributed by atoms with van der Waals surface area (Å²) in [5.41, 5.74) is 0.0766. The summed E-state index contributed by atoms with van der Waals surface area (Å²) < 4.78 is 5.16. The maximum absolute atomic E-state index is 12.0. The summed E-state index contributed by atoms with van der Waals surface area (Å²) in [6.45, 7) is 3.90. The fraction of sp³-hybridized carbons (Fsp3) is 0.692. The van der Waals surface area contributed by atoms with Crippen LogP contribution in [-0.4, -0.2) is 28.3 Å². The third kappa shape index (κ3) is 1.82. The first-order valence-electron chi connectivity index (χ1n) is 6.44. The van der Waals surface area contributed by atoms with E-state index < -0.39 is 0 Å². The Balaban J connectivity index is 1.64. The van der Waals surface area contributed by atoms with E-state index in [4.69, 9.17) is 4.52 Å². The van der Waals surface area contributed by atoms with Gasteiger partial charge in [-0.3, -0.25) is 4.79 Å². The van der Waals surface area contributed by atoms with Gasteiger partial charge in [0.25, 0.3) is 5.91 Å². The zero-order chi connectivity index (χ0) is 12.9. The molecular formula is C13H18N2O3. The van der Waals surface area contributed by atoms with Crippen LogP contribution in [0.5, 0.6) is 0 Å². The predicted molar refractivity (Wildman–Crippen MR) is 64.1 cm³/mol. The Morgan fingerprint density at radius 2 is 2.28 bits per heavy atom. The lowest BCUT2D eigenvalue weighted by Gasteiger charge is -2.49. The number of hydrogen-bond donors (Lipinski definition) is 2. The quantitative estimate of drug-likeness (QED) is 0.851. The van der Waals surface area contributed by atoms with Crippen LogP contribution in [0.25, 0.3) is 0 Å². The lowest BCUT2D eigenvalue weighted by atomic mass is 9.64. The van der Waals surface area contributed by atoms with E-state index in [1.54, 1.807) is 6.07 Å². The van der Waals surface area contributed by atoms with Gasteiger partial charge in [0.05, 0.1) is 6.10 Å². The molecule has 2 atom stereocenters. The van der Waals surface area contributed by atoms with Crippen molar-refractivity contribution < 1.29 is 14.4 Å². The topological polar surface area (TPSA) is 75.4 Å². The van der Waals surface area contributed by atoms with Crippen LogP contribution in [-0.2, 0) is 0 Å². The van der Waals surface area contributed by atoms with Gasteiger partial charge in [-0.2, -0.15) is 0 Å². The van der Waals surface area contributed by atoms with Crippen LogP contribution < -0.4 is 5.32 Å². The number of rotatable bonds is 3. The van der Waals surface area contributed by atoms with Gasteiger partial charge in [-0.15, -0.1) is 0 Å². The number of hydrogen-bond acceptors (Lipinski definition) is 4. The molecule has 0 bridgehead atoms. The highest BCUT2D eigenvalue weighted by molar-refractivity contribution is 5.92. The van der Waals surface area contributed by atoms with Gasteiger partial charge in [0.2, 0.25) is 0 Å². The molecule has 5 heteroatoms. The second-order valence-electron chi connectivity index (χ2n) is 5.99. The van der Waals surface area contributed by atoms with Gasteiger partial charge in [0.15, 0.2) is 5.69 Å². The molecule has 0 radical (unpaired) electrons. The standard InChI is InChI=1S/C13H18N2O3/c1-13(2)10(6-11(13)16)14-12(17)8-5-9(18-15-8)7-3-4-7/h5,7,10-11,16H,3-4,6H2,1-2H3,(H,14,17). The molecule has 0 spiro atoms. The molecule has 0 aromatic carbocycles. The molecule has 1 aromatic rings. The van der Waals surface area contributed by atoms with Crippen LogP contribution in [0, 0.1) is 5.41 Å². The van der Waals surface area contributed by atoms with Crippen molar-refractivity contribution in [2.75, 3.05) is 0 Å². The summed E-state index contributed by atoms with van der Waals surface area (Å²) in [5.74, 6) is 1.06. The Labute approximate surface area is 106 Å². The highest BCUT2D eigenvalue weighted by atomic mass is 16.5. The van der Waals surface area contributed by atoms with Crippen molar-refractivity contribution in [3.8, 4) is 0 Å². The number of amides is 1. The molecule has 1 heterocycles. The molecule has 2 aliphatic rings. The van der Waals surface area contributed by atoms with E-state index in [2.05, 4.69) is 10.5 Å². The first kappa shape index (κ1) is 11.7. The predicted octanol–water partition coefficient (Wildman–Crippen LogP) is 1.44. The number of aromatic nitrogens is 1. The van der Waals surface area contributed by atoms with Crippen LogP contribution in [0.1, 0.15) is 55.3 Å². The van der Waals surface area contributed by atoms with Crippen molar-refractivity contribution in [1.29, 1.82) is 0 Å². The molecule has 0 aliphatic heterocycles. The number of aliphatic hydroxyl groups excluding tert-OH is 1. The zero-order valence-corrected chi connectivity index (χ0v) is 10.6. The second-order valence-corrected chi connectivity index (χ2v) is 5.99. The van der Waals surface area contributed by atoms with Gasteiger partial charge >= 0.3 is 0 Å². The van der Waals surface area contributed by atoms with Crippen LogP contribution >= 0.6 is 0 Å². The van der Waals surface area contributed by atoms with Crippen LogP contribution in [0.15, 0.2) is 10.6 Å². The molecule has 2 unspecified atom stereocenters. The minimum Gasteiger partial charge on any atom is -0.392 e. The number of aliphatic hydroxyl groups is 1. The number of carbonyl (C=O) groups excluding carboxylic acids is 1. The van der Waals surface area contributed by atoms with Crippen molar-refractivity contribution in [3.63, 3.8) is 0 Å². The van der Waals surface area contributed by atoms with Crippen LogP contribution in [0.2, 0.25) is 0 Å². The summed E-state index contributed by atoms with van der Waals surface area (Å²) in [5, 5.41) is 16.3. The van der Waals surface area contributed by atoms with Crippen molar-refractivity contribution in [2.45, 2.75) is 51.2 Å². The molecule has 2 saturated carbocycles. The Bertz CT molecular complexity index is 476. The van der Waals surface area contributed by atoms with E-state index in [1.165, 1.54) is 0 Å². The summed E-state index contributed by atoms with van der Waals surface area (Å²) in [6.07, 6.45) is 2.50. The van der Waals surface area contributed by atoms with Gasteiger partial charge in [0.1, 0.15) is 5.76 Å². The van der Waals surface area contributed by atoms with Crippen molar-refractivity contribution in [2.24, 2.45) is 5.41 Å². The van der Waals surface area contributed by atoms with Crippen molar-refractivity contribution in [1.82, 2.24) is 10.5 Å². The van der Waals surface area contributed by atoms with E-state index in [1.807, 2.05) is 13.8 Å². The third-order valence-corrected chi connectivity index (χ3v) is 4.26. The zero-order valence-electron chi connectivity index (χ0n) is 10.6. The molecule has 5 nitrogen and oxygen atoms in total. The van der Waals surface area contributed by atoms with Crippen molar-refractivity contribution in [3.05, 3.63) is 17.5 Å². The third-order valence-electron chi connectivity index (χ3n) is 4.26. The molecule has 2 aliphatic carbocycles. The monoisotopic (exact) mass is 250 g/mol.